The van der Waals surface area contributed by atoms with Crippen molar-refractivity contribution in [3.05, 3.63) is 0 Å². The SMILES string of the molecule is N#CC1C(NC(=O)C2CNN3CCCNC23)SC2CCCCC21. The number of thioether (sulfide) groups is 1. The number of nitrogens with one attached hydrogen (secondary N) is 3. The van der Waals surface area contributed by atoms with Crippen LogP contribution in [0.3, 0.4) is 0 Å². The third-order valence-electron chi connectivity index (χ3n) is 5.79. The second-order valence-corrected chi connectivity index (χ2v) is 8.51. The molecule has 0 aromatic heterocycles. The first-order valence-corrected chi connectivity index (χ1v) is 9.81. The van der Waals surface area contributed by atoms with E-state index in [9.17, 15) is 10.1 Å². The van der Waals surface area contributed by atoms with Crippen LogP contribution < -0.4 is 16.1 Å². The number of hydrogen-bond acceptors (Lipinski definition) is 6. The lowest BCUT2D eigenvalue weighted by Gasteiger charge is -2.32. The average Bonchev–Trinajstić information content (AvgIpc) is 3.15. The molecule has 0 spiro atoms. The van der Waals surface area contributed by atoms with Gasteiger partial charge in [-0.15, -0.1) is 11.8 Å². The Balaban J connectivity index is 1.41. The Hall–Kier alpha value is -0.810. The Morgan fingerprint density at radius 3 is 3.04 bits per heavy atom. The predicted octanol–water partition coefficient (Wildman–Crippen LogP) is 0.630. The summed E-state index contributed by atoms with van der Waals surface area (Å²) in [4.78, 5) is 12.8. The molecule has 0 aromatic carbocycles. The van der Waals surface area contributed by atoms with Gasteiger partial charge in [-0.1, -0.05) is 12.8 Å². The smallest absolute Gasteiger partial charge is 0.228 e. The van der Waals surface area contributed by atoms with Crippen molar-refractivity contribution >= 4 is 17.7 Å². The van der Waals surface area contributed by atoms with Gasteiger partial charge in [0.1, 0.15) is 0 Å². The van der Waals surface area contributed by atoms with Gasteiger partial charge in [0, 0.05) is 18.3 Å². The van der Waals surface area contributed by atoms with Gasteiger partial charge in [0.2, 0.25) is 5.91 Å². The van der Waals surface area contributed by atoms with Crippen LogP contribution in [0.4, 0.5) is 0 Å². The number of hydrogen-bond donors (Lipinski definition) is 3. The first kappa shape index (κ1) is 15.7. The molecule has 6 unspecified atom stereocenters. The minimum atomic E-state index is -0.0714. The maximum atomic E-state index is 12.8. The summed E-state index contributed by atoms with van der Waals surface area (Å²) in [5, 5.41) is 18.9. The van der Waals surface area contributed by atoms with Crippen LogP contribution in [0.2, 0.25) is 0 Å². The minimum Gasteiger partial charge on any atom is -0.343 e. The second kappa shape index (κ2) is 6.60. The van der Waals surface area contributed by atoms with Crippen LogP contribution in [0.5, 0.6) is 0 Å². The van der Waals surface area contributed by atoms with E-state index in [4.69, 9.17) is 0 Å². The molecule has 0 aromatic rings. The highest BCUT2D eigenvalue weighted by Crippen LogP contribution is 2.48. The zero-order valence-corrected chi connectivity index (χ0v) is 14.1. The van der Waals surface area contributed by atoms with Crippen LogP contribution in [0.25, 0.3) is 0 Å². The summed E-state index contributed by atoms with van der Waals surface area (Å²) in [6.45, 7) is 2.64. The molecule has 1 aliphatic carbocycles. The Morgan fingerprint density at radius 1 is 1.30 bits per heavy atom. The second-order valence-electron chi connectivity index (χ2n) is 7.12. The molecule has 0 radical (unpaired) electrons. The molecule has 7 heteroatoms. The average molecular weight is 335 g/mol. The monoisotopic (exact) mass is 335 g/mol. The van der Waals surface area contributed by atoms with E-state index in [-0.39, 0.29) is 29.3 Å². The maximum Gasteiger partial charge on any atom is 0.228 e. The summed E-state index contributed by atoms with van der Waals surface area (Å²) in [5.41, 5.74) is 3.33. The molecule has 4 rings (SSSR count). The molecule has 126 valence electrons. The molecule has 0 bridgehead atoms. The summed E-state index contributed by atoms with van der Waals surface area (Å²) >= 11 is 1.83. The molecule has 6 nitrogen and oxygen atoms in total. The van der Waals surface area contributed by atoms with E-state index in [0.717, 1.165) is 25.9 Å². The standard InChI is InChI=1S/C16H25N5OS/c17-8-11-10-4-1-2-5-13(10)23-16(11)20-15(22)12-9-19-21-7-3-6-18-14(12)21/h10-14,16,18-19H,1-7,9H2,(H,20,22). The Morgan fingerprint density at radius 2 is 2.17 bits per heavy atom. The highest BCUT2D eigenvalue weighted by molar-refractivity contribution is 8.00. The Bertz CT molecular complexity index is 509. The first-order valence-electron chi connectivity index (χ1n) is 8.87. The fourth-order valence-corrected chi connectivity index (χ4v) is 6.39. The van der Waals surface area contributed by atoms with Gasteiger partial charge in [-0.25, -0.2) is 5.01 Å². The van der Waals surface area contributed by atoms with Gasteiger partial charge in [0.15, 0.2) is 0 Å². The molecular formula is C16H25N5OS. The van der Waals surface area contributed by atoms with Gasteiger partial charge in [-0.2, -0.15) is 5.26 Å². The van der Waals surface area contributed by atoms with Crippen molar-refractivity contribution in [3.63, 3.8) is 0 Å². The van der Waals surface area contributed by atoms with E-state index in [1.807, 2.05) is 11.8 Å². The number of carbonyl (C=O) groups is 1. The van der Waals surface area contributed by atoms with Gasteiger partial charge in [-0.3, -0.25) is 15.5 Å². The van der Waals surface area contributed by atoms with Gasteiger partial charge in [-0.05, 0) is 31.7 Å². The summed E-state index contributed by atoms with van der Waals surface area (Å²) < 4.78 is 0. The lowest BCUT2D eigenvalue weighted by Crippen LogP contribution is -2.55. The largest absolute Gasteiger partial charge is 0.343 e. The number of rotatable bonds is 2. The zero-order chi connectivity index (χ0) is 15.8. The molecule has 3 aliphatic heterocycles. The minimum absolute atomic E-state index is 0.0287. The van der Waals surface area contributed by atoms with Gasteiger partial charge >= 0.3 is 0 Å². The van der Waals surface area contributed by atoms with Crippen LogP contribution in [0.15, 0.2) is 0 Å². The molecule has 4 fully saturated rings. The molecule has 3 saturated heterocycles. The van der Waals surface area contributed by atoms with E-state index >= 15 is 0 Å². The molecule has 4 aliphatic rings. The highest BCUT2D eigenvalue weighted by Gasteiger charge is 2.47. The molecule has 3 N–H and O–H groups in total. The van der Waals surface area contributed by atoms with E-state index in [2.05, 4.69) is 27.1 Å². The molecule has 23 heavy (non-hydrogen) atoms. The third kappa shape index (κ3) is 2.86. The van der Waals surface area contributed by atoms with Crippen molar-refractivity contribution in [2.75, 3.05) is 19.6 Å². The van der Waals surface area contributed by atoms with Gasteiger partial charge in [0.05, 0.1) is 29.4 Å². The quantitative estimate of drug-likeness (QED) is 0.687. The maximum absolute atomic E-state index is 12.8. The number of fused-ring (bicyclic) bond motifs is 2. The number of nitrogens with zero attached hydrogens (tertiary/aromatic N) is 2. The topological polar surface area (TPSA) is 80.2 Å². The van der Waals surface area contributed by atoms with Crippen LogP contribution >= 0.6 is 11.8 Å². The number of hydrazine groups is 1. The molecule has 1 amide bonds. The number of amides is 1. The lowest BCUT2D eigenvalue weighted by atomic mass is 9.80. The Labute approximate surface area is 141 Å². The fourth-order valence-electron chi connectivity index (χ4n) is 4.59. The van der Waals surface area contributed by atoms with E-state index in [0.29, 0.717) is 17.7 Å². The molecular weight excluding hydrogens is 310 g/mol. The molecule has 3 heterocycles. The third-order valence-corrected chi connectivity index (χ3v) is 7.43. The van der Waals surface area contributed by atoms with Crippen molar-refractivity contribution in [2.24, 2.45) is 17.8 Å². The summed E-state index contributed by atoms with van der Waals surface area (Å²) in [7, 11) is 0. The van der Waals surface area contributed by atoms with Crippen LogP contribution in [0, 0.1) is 29.1 Å². The summed E-state index contributed by atoms with van der Waals surface area (Å²) in [6, 6.07) is 2.49. The van der Waals surface area contributed by atoms with Gasteiger partial charge in [0.25, 0.3) is 0 Å². The van der Waals surface area contributed by atoms with Crippen molar-refractivity contribution in [1.29, 1.82) is 5.26 Å². The van der Waals surface area contributed by atoms with Crippen molar-refractivity contribution in [1.82, 2.24) is 21.1 Å². The predicted molar refractivity (Wildman–Crippen MR) is 89.0 cm³/mol. The number of nitriles is 1. The van der Waals surface area contributed by atoms with Crippen molar-refractivity contribution < 1.29 is 4.79 Å². The zero-order valence-electron chi connectivity index (χ0n) is 13.3. The van der Waals surface area contributed by atoms with E-state index in [1.54, 1.807) is 0 Å². The van der Waals surface area contributed by atoms with Crippen molar-refractivity contribution in [2.45, 2.75) is 48.9 Å². The van der Waals surface area contributed by atoms with Crippen LogP contribution in [-0.4, -0.2) is 47.3 Å². The van der Waals surface area contributed by atoms with Crippen LogP contribution in [0.1, 0.15) is 32.1 Å². The summed E-state index contributed by atoms with van der Waals surface area (Å²) in [6.07, 6.45) is 6.04. The van der Waals surface area contributed by atoms with E-state index < -0.39 is 0 Å². The fraction of sp³-hybridized carbons (Fsp3) is 0.875. The Kier molecular flexibility index (Phi) is 4.50. The first-order chi connectivity index (χ1) is 11.3. The normalized spacial score (nSPS) is 43.4. The highest BCUT2D eigenvalue weighted by atomic mass is 32.2. The van der Waals surface area contributed by atoms with Crippen molar-refractivity contribution in [3.8, 4) is 6.07 Å². The van der Waals surface area contributed by atoms with E-state index in [1.165, 1.54) is 19.3 Å². The summed E-state index contributed by atoms with van der Waals surface area (Å²) in [5.74, 6) is 0.461. The van der Waals surface area contributed by atoms with Gasteiger partial charge < -0.3 is 5.32 Å². The lowest BCUT2D eigenvalue weighted by molar-refractivity contribution is -0.126. The molecule has 6 atom stereocenters. The van der Waals surface area contributed by atoms with Crippen LogP contribution in [-0.2, 0) is 4.79 Å². The molecule has 1 saturated carbocycles. The number of carbonyl (C=O) groups excluding carboxylic acids is 1.